The molecular formula is C29H40N6O4. The molecule has 0 aliphatic carbocycles. The van der Waals surface area contributed by atoms with Crippen LogP contribution < -0.4 is 30.7 Å². The van der Waals surface area contributed by atoms with Crippen LogP contribution >= 0.6 is 0 Å². The van der Waals surface area contributed by atoms with Crippen molar-refractivity contribution in [1.29, 1.82) is 0 Å². The molecule has 1 fully saturated rings. The van der Waals surface area contributed by atoms with E-state index in [-0.39, 0.29) is 24.4 Å². The van der Waals surface area contributed by atoms with Crippen molar-refractivity contribution in [3.8, 4) is 11.5 Å². The van der Waals surface area contributed by atoms with Crippen molar-refractivity contribution in [3.63, 3.8) is 0 Å². The molecule has 10 nitrogen and oxygen atoms in total. The Balaban J connectivity index is 1.88. The number of nitrogens with one attached hydrogen (secondary N) is 2. The first-order valence-electron chi connectivity index (χ1n) is 13.0. The lowest BCUT2D eigenvalue weighted by Crippen LogP contribution is -2.44. The zero-order chi connectivity index (χ0) is 28.5. The highest BCUT2D eigenvalue weighted by atomic mass is 16.5. The summed E-state index contributed by atoms with van der Waals surface area (Å²) in [5.41, 5.74) is 10.5. The largest absolute Gasteiger partial charge is 0.493 e. The summed E-state index contributed by atoms with van der Waals surface area (Å²) in [5.74, 6) is 0.579. The second-order valence-electron chi connectivity index (χ2n) is 9.55. The molecule has 0 spiro atoms. The van der Waals surface area contributed by atoms with E-state index in [2.05, 4.69) is 38.5 Å². The van der Waals surface area contributed by atoms with Crippen molar-refractivity contribution < 1.29 is 19.1 Å². The number of aliphatic imine (C=N–C) groups is 1. The van der Waals surface area contributed by atoms with Crippen molar-refractivity contribution in [2.75, 3.05) is 65.9 Å². The van der Waals surface area contributed by atoms with Crippen molar-refractivity contribution in [1.82, 2.24) is 15.5 Å². The first kappa shape index (κ1) is 29.5. The predicted octanol–water partition coefficient (Wildman–Crippen LogP) is 2.37. The van der Waals surface area contributed by atoms with Gasteiger partial charge in [0.05, 0.1) is 20.3 Å². The zero-order valence-corrected chi connectivity index (χ0v) is 23.7. The lowest BCUT2D eigenvalue weighted by atomic mass is 9.98. The summed E-state index contributed by atoms with van der Waals surface area (Å²) in [5, 5.41) is 5.66. The maximum Gasteiger partial charge on any atom is 0.252 e. The molecule has 0 aromatic heterocycles. The number of aryl methyl sites for hydroxylation is 1. The topological polar surface area (TPSA) is 122 Å². The molecule has 0 unspecified atom stereocenters. The van der Waals surface area contributed by atoms with Gasteiger partial charge in [-0.15, -0.1) is 0 Å². The second kappa shape index (κ2) is 13.7. The van der Waals surface area contributed by atoms with E-state index >= 15 is 0 Å². The molecule has 210 valence electrons. The van der Waals surface area contributed by atoms with E-state index < -0.39 is 0 Å². The third-order valence-corrected chi connectivity index (χ3v) is 6.92. The number of ether oxygens (including phenoxy) is 2. The monoisotopic (exact) mass is 536 g/mol. The van der Waals surface area contributed by atoms with E-state index in [4.69, 9.17) is 15.2 Å². The highest BCUT2D eigenvalue weighted by Gasteiger charge is 2.21. The number of hydrogen-bond donors (Lipinski definition) is 3. The summed E-state index contributed by atoms with van der Waals surface area (Å²) in [4.78, 5) is 33.8. The molecule has 0 bridgehead atoms. The Morgan fingerprint density at radius 3 is 2.44 bits per heavy atom. The Kier molecular flexibility index (Phi) is 10.3. The number of carbonyl (C=O) groups is 2. The Hall–Kier alpha value is -4.05. The van der Waals surface area contributed by atoms with Gasteiger partial charge in [0, 0.05) is 68.0 Å². The molecule has 1 atom stereocenters. The van der Waals surface area contributed by atoms with Crippen LogP contribution in [0.2, 0.25) is 0 Å². The van der Waals surface area contributed by atoms with Gasteiger partial charge in [-0.3, -0.25) is 14.6 Å². The normalized spacial score (nSPS) is 15.2. The van der Waals surface area contributed by atoms with E-state index in [0.29, 0.717) is 28.2 Å². The number of amides is 2. The Bertz CT molecular complexity index is 1230. The minimum Gasteiger partial charge on any atom is -0.493 e. The lowest BCUT2D eigenvalue weighted by Gasteiger charge is -2.34. The van der Waals surface area contributed by atoms with E-state index in [1.807, 2.05) is 38.1 Å². The van der Waals surface area contributed by atoms with Gasteiger partial charge in [-0.2, -0.15) is 0 Å². The smallest absolute Gasteiger partial charge is 0.252 e. The molecule has 1 aliphatic heterocycles. The quantitative estimate of drug-likeness (QED) is 0.399. The van der Waals surface area contributed by atoms with Crippen LogP contribution in [0.15, 0.2) is 41.5 Å². The number of benzene rings is 2. The summed E-state index contributed by atoms with van der Waals surface area (Å²) in [7, 11) is 6.76. The van der Waals surface area contributed by atoms with Crippen LogP contribution in [0.1, 0.15) is 40.0 Å². The van der Waals surface area contributed by atoms with Crippen LogP contribution in [0.3, 0.4) is 0 Å². The molecular weight excluding hydrogens is 496 g/mol. The van der Waals surface area contributed by atoms with Crippen molar-refractivity contribution in [2.24, 2.45) is 10.7 Å². The number of nitrogens with two attached hydrogens (primary N) is 1. The Morgan fingerprint density at radius 1 is 1.10 bits per heavy atom. The van der Waals surface area contributed by atoms with Gasteiger partial charge < -0.3 is 35.6 Å². The van der Waals surface area contributed by atoms with Crippen LogP contribution in [0.4, 0.5) is 5.69 Å². The maximum absolute atomic E-state index is 13.4. The molecule has 1 heterocycles. The number of allylic oxidation sites excluding steroid dienone is 1. The molecule has 2 aromatic rings. The predicted molar refractivity (Wildman–Crippen MR) is 156 cm³/mol. The van der Waals surface area contributed by atoms with Crippen molar-refractivity contribution >= 4 is 29.3 Å². The van der Waals surface area contributed by atoms with E-state index in [1.165, 1.54) is 19.5 Å². The van der Waals surface area contributed by atoms with Gasteiger partial charge in [0.1, 0.15) is 6.54 Å². The fourth-order valence-corrected chi connectivity index (χ4v) is 4.43. The van der Waals surface area contributed by atoms with Gasteiger partial charge in [-0.25, -0.2) is 0 Å². The average Bonchev–Trinajstić information content (AvgIpc) is 2.95. The standard InChI is InChI=1S/C29H40N6O4/c1-19-7-8-23(35-11-9-34(4)10-12-35)15-24(19)29(37)33-20(2)21-13-25(28(39-6)26(14-21)38-5)22(16-30)17-32-18-27(36)31-3/h7-8,13-17,20H,9-12,18,30H2,1-6H3,(H,31,36)(H,33,37)/b22-16+,32-17?/t20-/m1/s1. The first-order valence-corrected chi connectivity index (χ1v) is 13.0. The molecule has 10 heteroatoms. The van der Waals surface area contributed by atoms with Gasteiger partial charge in [0.2, 0.25) is 5.91 Å². The van der Waals surface area contributed by atoms with Gasteiger partial charge in [0.25, 0.3) is 5.91 Å². The summed E-state index contributed by atoms with van der Waals surface area (Å²) in [6, 6.07) is 9.40. The number of likely N-dealkylation sites (N-methyl/N-ethyl adjacent to an activating group) is 2. The molecule has 3 rings (SSSR count). The number of carbonyl (C=O) groups excluding carboxylic acids is 2. The molecule has 39 heavy (non-hydrogen) atoms. The number of hydrogen-bond acceptors (Lipinski definition) is 8. The Labute approximate surface area is 230 Å². The third-order valence-electron chi connectivity index (χ3n) is 6.92. The first-order chi connectivity index (χ1) is 18.7. The molecule has 1 saturated heterocycles. The van der Waals surface area contributed by atoms with Crippen LogP contribution in [0.25, 0.3) is 5.57 Å². The van der Waals surface area contributed by atoms with Crippen LogP contribution in [0.5, 0.6) is 11.5 Å². The fourth-order valence-electron chi connectivity index (χ4n) is 4.43. The minimum atomic E-state index is -0.357. The van der Waals surface area contributed by atoms with Gasteiger partial charge in [-0.05, 0) is 56.3 Å². The summed E-state index contributed by atoms with van der Waals surface area (Å²) in [6.07, 6.45) is 2.91. The number of piperazine rings is 1. The highest BCUT2D eigenvalue weighted by Crippen LogP contribution is 2.38. The molecule has 0 radical (unpaired) electrons. The molecule has 1 aliphatic rings. The van der Waals surface area contributed by atoms with Gasteiger partial charge in [0.15, 0.2) is 11.5 Å². The third kappa shape index (κ3) is 7.29. The summed E-state index contributed by atoms with van der Waals surface area (Å²) < 4.78 is 11.2. The molecule has 0 saturated carbocycles. The zero-order valence-electron chi connectivity index (χ0n) is 23.7. The van der Waals surface area contributed by atoms with E-state index in [1.54, 1.807) is 14.2 Å². The van der Waals surface area contributed by atoms with Crippen molar-refractivity contribution in [3.05, 3.63) is 58.8 Å². The van der Waals surface area contributed by atoms with Gasteiger partial charge in [-0.1, -0.05) is 6.07 Å². The van der Waals surface area contributed by atoms with Gasteiger partial charge >= 0.3 is 0 Å². The Morgan fingerprint density at radius 2 is 1.82 bits per heavy atom. The van der Waals surface area contributed by atoms with E-state index in [0.717, 1.165) is 43.0 Å². The minimum absolute atomic E-state index is 0.0357. The maximum atomic E-state index is 13.4. The highest BCUT2D eigenvalue weighted by molar-refractivity contribution is 6.11. The molecule has 4 N–H and O–H groups in total. The van der Waals surface area contributed by atoms with Crippen LogP contribution in [0, 0.1) is 6.92 Å². The number of methoxy groups -OCH3 is 2. The van der Waals surface area contributed by atoms with E-state index in [9.17, 15) is 9.59 Å². The number of rotatable bonds is 10. The molecule has 2 aromatic carbocycles. The van der Waals surface area contributed by atoms with Crippen molar-refractivity contribution in [2.45, 2.75) is 19.9 Å². The number of nitrogens with zero attached hydrogens (tertiary/aromatic N) is 3. The molecule has 2 amide bonds. The summed E-state index contributed by atoms with van der Waals surface area (Å²) >= 11 is 0. The fraction of sp³-hybridized carbons (Fsp3) is 0.414. The van der Waals surface area contributed by atoms with Crippen LogP contribution in [-0.4, -0.2) is 84.0 Å². The number of anilines is 1. The van der Waals surface area contributed by atoms with Crippen LogP contribution in [-0.2, 0) is 4.79 Å². The summed E-state index contributed by atoms with van der Waals surface area (Å²) in [6.45, 7) is 7.65. The SMILES string of the molecule is CNC(=O)CN=C/C(=C\N)c1cc([C@@H](C)NC(=O)c2cc(N3CCN(C)CC3)ccc2C)cc(OC)c1OC. The second-order valence-corrected chi connectivity index (χ2v) is 9.55. The lowest BCUT2D eigenvalue weighted by molar-refractivity contribution is -0.119. The average molecular weight is 537 g/mol.